The van der Waals surface area contributed by atoms with Crippen molar-refractivity contribution in [2.75, 3.05) is 0 Å². The van der Waals surface area contributed by atoms with E-state index in [0.29, 0.717) is 31.3 Å². The van der Waals surface area contributed by atoms with Crippen LogP contribution in [0.2, 0.25) is 0 Å². The molecule has 2 aliphatic heterocycles. The summed E-state index contributed by atoms with van der Waals surface area (Å²) in [5, 5.41) is 0. The second kappa shape index (κ2) is 5.49. The molecule has 0 N–H and O–H groups in total. The van der Waals surface area contributed by atoms with Crippen LogP contribution in [0.3, 0.4) is 0 Å². The highest BCUT2D eigenvalue weighted by Gasteiger charge is 2.81. The van der Waals surface area contributed by atoms with Crippen LogP contribution in [0.5, 0.6) is 0 Å². The van der Waals surface area contributed by atoms with Crippen LogP contribution in [0, 0.1) is 34.0 Å². The Morgan fingerprint density at radius 1 is 1.28 bits per heavy atom. The lowest BCUT2D eigenvalue weighted by Gasteiger charge is -2.65. The average molecular weight is 402 g/mol. The number of fused-ring (bicyclic) bond motifs is 1. The number of aldehydes is 1. The van der Waals surface area contributed by atoms with E-state index in [1.807, 2.05) is 13.8 Å². The van der Waals surface area contributed by atoms with Gasteiger partial charge in [0.2, 0.25) is 0 Å². The van der Waals surface area contributed by atoms with E-state index in [-0.39, 0.29) is 5.92 Å². The van der Waals surface area contributed by atoms with Gasteiger partial charge in [-0.05, 0) is 42.6 Å². The predicted molar refractivity (Wildman–Crippen MR) is 98.1 cm³/mol. The fourth-order valence-corrected chi connectivity index (χ4v) is 7.51. The summed E-state index contributed by atoms with van der Waals surface area (Å²) in [6.45, 7) is 9.35. The number of hydrogen-bond donors (Lipinski definition) is 0. The van der Waals surface area contributed by atoms with Crippen molar-refractivity contribution in [1.29, 1.82) is 0 Å². The van der Waals surface area contributed by atoms with Crippen molar-refractivity contribution >= 4 is 24.2 Å². The molecule has 2 heterocycles. The molecular weight excluding hydrogens is 376 g/mol. The fourth-order valence-electron chi connectivity index (χ4n) is 7.51. The van der Waals surface area contributed by atoms with E-state index in [1.54, 1.807) is 0 Å². The van der Waals surface area contributed by atoms with Gasteiger partial charge in [0.25, 0.3) is 0 Å². The molecule has 3 saturated carbocycles. The Bertz CT molecular complexity index is 859. The highest BCUT2D eigenvalue weighted by atomic mass is 16.6. The largest absolute Gasteiger partial charge is 0.462 e. The van der Waals surface area contributed by atoms with Crippen LogP contribution >= 0.6 is 0 Å². The summed E-state index contributed by atoms with van der Waals surface area (Å²) in [6, 6.07) is 0. The number of hydrogen-bond acceptors (Lipinski definition) is 7. The zero-order valence-corrected chi connectivity index (χ0v) is 16.9. The molecule has 0 aromatic heterocycles. The van der Waals surface area contributed by atoms with Crippen molar-refractivity contribution < 1.29 is 33.4 Å². The summed E-state index contributed by atoms with van der Waals surface area (Å²) in [7, 11) is 0. The second-order valence-corrected chi connectivity index (χ2v) is 10.2. The van der Waals surface area contributed by atoms with Gasteiger partial charge in [-0.3, -0.25) is 14.4 Å². The lowest BCUT2D eigenvalue weighted by Crippen LogP contribution is -2.75. The minimum atomic E-state index is -1.24. The minimum absolute atomic E-state index is 0.130. The normalized spacial score (nSPS) is 48.9. The van der Waals surface area contributed by atoms with Gasteiger partial charge < -0.3 is 19.0 Å². The second-order valence-electron chi connectivity index (χ2n) is 10.2. The maximum atomic E-state index is 13.5. The molecule has 2 saturated heterocycles. The van der Waals surface area contributed by atoms with E-state index in [9.17, 15) is 19.2 Å². The topological polar surface area (TPSA) is 96.0 Å². The first-order valence-electron chi connectivity index (χ1n) is 10.3. The Kier molecular flexibility index (Phi) is 3.56. The Labute approximate surface area is 169 Å². The number of esters is 3. The average Bonchev–Trinajstić information content (AvgIpc) is 2.84. The maximum absolute atomic E-state index is 13.5. The van der Waals surface area contributed by atoms with Crippen LogP contribution in [-0.2, 0) is 33.4 Å². The molecule has 7 heteroatoms. The lowest BCUT2D eigenvalue weighted by atomic mass is 9.42. The third-order valence-electron chi connectivity index (χ3n) is 8.41. The van der Waals surface area contributed by atoms with Gasteiger partial charge in [0.1, 0.15) is 30.0 Å². The molecule has 5 rings (SSSR count). The summed E-state index contributed by atoms with van der Waals surface area (Å²) in [6.07, 6.45) is 0.768. The molecule has 5 aliphatic rings. The Balaban J connectivity index is 1.76. The van der Waals surface area contributed by atoms with Crippen LogP contribution in [0.15, 0.2) is 12.2 Å². The lowest BCUT2D eigenvalue weighted by molar-refractivity contribution is -0.281. The van der Waals surface area contributed by atoms with Gasteiger partial charge >= 0.3 is 17.9 Å². The first-order chi connectivity index (χ1) is 13.6. The van der Waals surface area contributed by atoms with Gasteiger partial charge in [-0.2, -0.15) is 0 Å². The van der Waals surface area contributed by atoms with Gasteiger partial charge in [0.05, 0.1) is 11.3 Å². The van der Waals surface area contributed by atoms with Gasteiger partial charge in [0.15, 0.2) is 0 Å². The number of carbonyl (C=O) groups excluding carboxylic acids is 4. The Hall–Kier alpha value is -2.18. The molecule has 5 fully saturated rings. The van der Waals surface area contributed by atoms with E-state index in [0.717, 1.165) is 6.29 Å². The fraction of sp³-hybridized carbons (Fsp3) is 0.727. The van der Waals surface area contributed by atoms with Crippen LogP contribution in [0.4, 0.5) is 0 Å². The summed E-state index contributed by atoms with van der Waals surface area (Å²) in [5.74, 6) is -2.78. The molecular formula is C22H26O7. The van der Waals surface area contributed by atoms with E-state index in [2.05, 4.69) is 6.58 Å². The van der Waals surface area contributed by atoms with Gasteiger partial charge in [-0.15, -0.1) is 0 Å². The molecule has 156 valence electrons. The molecule has 3 aliphatic carbocycles. The van der Waals surface area contributed by atoms with Crippen LogP contribution in [0.1, 0.15) is 46.5 Å². The molecule has 7 nitrogen and oxygen atoms in total. The Morgan fingerprint density at radius 2 is 2.00 bits per heavy atom. The molecule has 2 bridgehead atoms. The maximum Gasteiger partial charge on any atom is 0.317 e. The van der Waals surface area contributed by atoms with Gasteiger partial charge in [-0.25, -0.2) is 0 Å². The number of rotatable bonds is 2. The van der Waals surface area contributed by atoms with Crippen molar-refractivity contribution in [3.8, 4) is 0 Å². The van der Waals surface area contributed by atoms with Crippen molar-refractivity contribution in [2.24, 2.45) is 34.0 Å². The van der Waals surface area contributed by atoms with Crippen molar-refractivity contribution in [2.45, 2.75) is 64.8 Å². The summed E-state index contributed by atoms with van der Waals surface area (Å²) in [4.78, 5) is 51.4. The zero-order chi connectivity index (χ0) is 20.9. The monoisotopic (exact) mass is 402 g/mol. The predicted octanol–water partition coefficient (Wildman–Crippen LogP) is 1.97. The summed E-state index contributed by atoms with van der Waals surface area (Å²) in [5.41, 5.74) is -2.24. The van der Waals surface area contributed by atoms with Gasteiger partial charge in [-0.1, -0.05) is 20.4 Å². The van der Waals surface area contributed by atoms with Crippen molar-refractivity contribution in [1.82, 2.24) is 0 Å². The zero-order valence-electron chi connectivity index (χ0n) is 16.9. The molecule has 0 aromatic rings. The smallest absolute Gasteiger partial charge is 0.317 e. The van der Waals surface area contributed by atoms with Crippen LogP contribution in [0.25, 0.3) is 0 Å². The molecule has 0 radical (unpaired) electrons. The highest BCUT2D eigenvalue weighted by Crippen LogP contribution is 2.72. The van der Waals surface area contributed by atoms with E-state index >= 15 is 0 Å². The van der Waals surface area contributed by atoms with Crippen molar-refractivity contribution in [3.05, 3.63) is 12.2 Å². The summed E-state index contributed by atoms with van der Waals surface area (Å²) < 4.78 is 17.5. The minimum Gasteiger partial charge on any atom is -0.462 e. The first kappa shape index (κ1) is 18.8. The van der Waals surface area contributed by atoms with Gasteiger partial charge in [0, 0.05) is 12.8 Å². The van der Waals surface area contributed by atoms with Crippen LogP contribution in [-0.4, -0.2) is 42.5 Å². The summed E-state index contributed by atoms with van der Waals surface area (Å²) >= 11 is 0. The highest BCUT2D eigenvalue weighted by molar-refractivity contribution is 5.89. The van der Waals surface area contributed by atoms with E-state index < -0.39 is 64.3 Å². The Morgan fingerprint density at radius 3 is 2.66 bits per heavy atom. The first-order valence-corrected chi connectivity index (χ1v) is 10.3. The third kappa shape index (κ3) is 1.99. The SMILES string of the molecule is C=C1C2CC3OC(=O)C4C(C)(C)CCC5OC(=O)C(C2)(C1OC(C)=O)C3C54C=O. The number of ether oxygens (including phenoxy) is 3. The quantitative estimate of drug-likeness (QED) is 0.302. The molecule has 29 heavy (non-hydrogen) atoms. The molecule has 0 amide bonds. The molecule has 0 aromatic carbocycles. The number of carbonyl (C=O) groups is 4. The molecule has 8 atom stereocenters. The van der Waals surface area contributed by atoms with Crippen LogP contribution < -0.4 is 0 Å². The van der Waals surface area contributed by atoms with Crippen molar-refractivity contribution in [3.63, 3.8) is 0 Å². The van der Waals surface area contributed by atoms with E-state index in [4.69, 9.17) is 14.2 Å². The standard InChI is InChI=1S/C22H26O7/c1-10-12-7-13-15-21(8-12,17(10)27-11(2)24)19(26)29-14-5-6-20(3,4)16(18(25)28-13)22(14,15)9-23/h9,12-17H,1,5-8H2,2-4H3. The third-order valence-corrected chi connectivity index (χ3v) is 8.41. The van der Waals surface area contributed by atoms with E-state index in [1.165, 1.54) is 6.92 Å². The molecule has 1 spiro atoms. The molecule has 8 unspecified atom stereocenters.